The summed E-state index contributed by atoms with van der Waals surface area (Å²) in [6.07, 6.45) is 0. The van der Waals surface area contributed by atoms with Gasteiger partial charge >= 0.3 is 0 Å². The van der Waals surface area contributed by atoms with E-state index in [9.17, 15) is 0 Å². The third-order valence-corrected chi connectivity index (χ3v) is 7.45. The highest BCUT2D eigenvalue weighted by atomic mass is 35.5. The van der Waals surface area contributed by atoms with Crippen molar-refractivity contribution in [2.24, 2.45) is 0 Å². The Bertz CT molecular complexity index is 1880. The summed E-state index contributed by atoms with van der Waals surface area (Å²) in [4.78, 5) is 6.91. The lowest BCUT2D eigenvalue weighted by Gasteiger charge is -2.25. The van der Waals surface area contributed by atoms with Gasteiger partial charge in [0.05, 0.1) is 0 Å². The van der Waals surface area contributed by atoms with E-state index in [0.29, 0.717) is 5.89 Å². The minimum atomic E-state index is 0.621. The summed E-state index contributed by atoms with van der Waals surface area (Å²) in [5.74, 6) is 0.621. The van der Waals surface area contributed by atoms with Crippen molar-refractivity contribution < 1.29 is 4.42 Å². The van der Waals surface area contributed by atoms with Gasteiger partial charge in [-0.3, -0.25) is 0 Å². The molecule has 0 aliphatic carbocycles. The number of hydrogen-bond donors (Lipinski definition) is 0. The highest BCUT2D eigenvalue weighted by molar-refractivity contribution is 6.30. The predicted octanol–water partition coefficient (Wildman–Crippen LogP) is 11.0. The lowest BCUT2D eigenvalue weighted by molar-refractivity contribution is 0.620. The van der Waals surface area contributed by atoms with Crippen LogP contribution in [0.3, 0.4) is 0 Å². The summed E-state index contributed by atoms with van der Waals surface area (Å²) in [6.45, 7) is 0. The van der Waals surface area contributed by atoms with E-state index in [1.165, 1.54) is 11.1 Å². The first kappa shape index (κ1) is 24.9. The van der Waals surface area contributed by atoms with Crippen molar-refractivity contribution in [3.05, 3.63) is 157 Å². The largest absolute Gasteiger partial charge is 0.436 e. The molecule has 0 spiro atoms. The van der Waals surface area contributed by atoms with E-state index in [1.54, 1.807) is 0 Å². The summed E-state index contributed by atoms with van der Waals surface area (Å²) >= 11 is 6.05. The Morgan fingerprint density at radius 1 is 0.439 bits per heavy atom. The quantitative estimate of drug-likeness (QED) is 0.207. The van der Waals surface area contributed by atoms with Gasteiger partial charge in [0, 0.05) is 27.6 Å². The van der Waals surface area contributed by atoms with Gasteiger partial charge in [-0.05, 0) is 95.1 Å². The van der Waals surface area contributed by atoms with E-state index in [1.807, 2.05) is 54.6 Å². The second-order valence-corrected chi connectivity index (χ2v) is 10.3. The number of para-hydroxylation sites is 3. The molecule has 7 aromatic rings. The zero-order valence-corrected chi connectivity index (χ0v) is 22.9. The highest BCUT2D eigenvalue weighted by Crippen LogP contribution is 2.37. The van der Waals surface area contributed by atoms with Crippen molar-refractivity contribution in [2.75, 3.05) is 4.90 Å². The normalized spacial score (nSPS) is 11.0. The van der Waals surface area contributed by atoms with Crippen LogP contribution in [0.1, 0.15) is 0 Å². The number of rotatable bonds is 6. The average molecular weight is 549 g/mol. The summed E-state index contributed by atoms with van der Waals surface area (Å²) in [5, 5.41) is 0.745. The summed E-state index contributed by atoms with van der Waals surface area (Å²) in [7, 11) is 0. The van der Waals surface area contributed by atoms with Gasteiger partial charge in [0.15, 0.2) is 5.58 Å². The van der Waals surface area contributed by atoms with Gasteiger partial charge < -0.3 is 9.32 Å². The van der Waals surface area contributed by atoms with Crippen LogP contribution in [0, 0.1) is 0 Å². The summed E-state index contributed by atoms with van der Waals surface area (Å²) in [5.41, 5.74) is 10.4. The molecule has 0 N–H and O–H groups in total. The van der Waals surface area contributed by atoms with Crippen LogP contribution >= 0.6 is 11.6 Å². The SMILES string of the molecule is Clc1ccc(-c2ccc(-c3ccc(N(c4ccccc4)c4ccc(-c5nc6ccccc6o5)cc4)cc3)cc2)cc1. The molecule has 4 heteroatoms. The molecular weight excluding hydrogens is 524 g/mol. The number of fused-ring (bicyclic) bond motifs is 1. The standard InChI is InChI=1S/C37H25ClN2O/c38-31-20-14-28(15-21-31)26-10-12-27(13-11-26)29-16-22-33(23-17-29)40(32-6-2-1-3-7-32)34-24-18-30(19-25-34)37-39-35-8-4-5-9-36(35)41-37/h1-25H. The Balaban J connectivity index is 1.18. The van der Waals surface area contributed by atoms with Crippen LogP contribution in [0.25, 0.3) is 44.8 Å². The molecule has 1 heterocycles. The molecule has 0 saturated carbocycles. The van der Waals surface area contributed by atoms with E-state index < -0.39 is 0 Å². The minimum Gasteiger partial charge on any atom is -0.436 e. The summed E-state index contributed by atoms with van der Waals surface area (Å²) < 4.78 is 5.99. The number of benzene rings is 6. The molecule has 0 unspecified atom stereocenters. The molecule has 3 nitrogen and oxygen atoms in total. The molecule has 7 rings (SSSR count). The maximum atomic E-state index is 6.05. The zero-order chi connectivity index (χ0) is 27.6. The molecule has 0 fully saturated rings. The first-order chi connectivity index (χ1) is 20.2. The number of halogens is 1. The topological polar surface area (TPSA) is 29.3 Å². The van der Waals surface area contributed by atoms with Gasteiger partial charge in [0.2, 0.25) is 5.89 Å². The minimum absolute atomic E-state index is 0.621. The fraction of sp³-hybridized carbons (Fsp3) is 0. The average Bonchev–Trinajstić information content (AvgIpc) is 3.48. The van der Waals surface area contributed by atoms with Crippen LogP contribution in [0.2, 0.25) is 5.02 Å². The van der Waals surface area contributed by atoms with Gasteiger partial charge in [0.25, 0.3) is 0 Å². The second kappa shape index (κ2) is 10.8. The van der Waals surface area contributed by atoms with Gasteiger partial charge in [0.1, 0.15) is 5.52 Å². The second-order valence-electron chi connectivity index (χ2n) is 9.84. The van der Waals surface area contributed by atoms with Gasteiger partial charge in [-0.1, -0.05) is 90.5 Å². The maximum absolute atomic E-state index is 6.05. The zero-order valence-electron chi connectivity index (χ0n) is 22.1. The number of aromatic nitrogens is 1. The molecule has 196 valence electrons. The monoisotopic (exact) mass is 548 g/mol. The lowest BCUT2D eigenvalue weighted by Crippen LogP contribution is -2.09. The van der Waals surface area contributed by atoms with Crippen LogP contribution in [0.4, 0.5) is 17.1 Å². The molecule has 41 heavy (non-hydrogen) atoms. The lowest BCUT2D eigenvalue weighted by atomic mass is 10.00. The fourth-order valence-electron chi connectivity index (χ4n) is 5.07. The Hall–Kier alpha value is -5.12. The molecule has 0 saturated heterocycles. The third kappa shape index (κ3) is 5.11. The number of hydrogen-bond acceptors (Lipinski definition) is 3. The van der Waals surface area contributed by atoms with E-state index in [2.05, 4.69) is 107 Å². The Labute approximate surface area is 243 Å². The number of nitrogens with zero attached hydrogens (tertiary/aromatic N) is 2. The maximum Gasteiger partial charge on any atom is 0.227 e. The molecule has 0 atom stereocenters. The van der Waals surface area contributed by atoms with Crippen LogP contribution in [-0.2, 0) is 0 Å². The van der Waals surface area contributed by atoms with Gasteiger partial charge in [-0.15, -0.1) is 0 Å². The van der Waals surface area contributed by atoms with Crippen LogP contribution in [-0.4, -0.2) is 4.98 Å². The van der Waals surface area contributed by atoms with Crippen molar-refractivity contribution in [3.63, 3.8) is 0 Å². The van der Waals surface area contributed by atoms with Crippen molar-refractivity contribution in [2.45, 2.75) is 0 Å². The van der Waals surface area contributed by atoms with E-state index in [0.717, 1.165) is 49.9 Å². The van der Waals surface area contributed by atoms with E-state index in [4.69, 9.17) is 16.0 Å². The molecule has 0 aliphatic rings. The molecule has 0 amide bonds. The van der Waals surface area contributed by atoms with Gasteiger partial charge in [-0.2, -0.15) is 0 Å². The Morgan fingerprint density at radius 3 is 1.44 bits per heavy atom. The summed E-state index contributed by atoms with van der Waals surface area (Å²) in [6, 6.07) is 51.9. The van der Waals surface area contributed by atoms with Crippen molar-refractivity contribution in [1.82, 2.24) is 4.98 Å². The molecule has 0 bridgehead atoms. The van der Waals surface area contributed by atoms with Gasteiger partial charge in [-0.25, -0.2) is 4.98 Å². The van der Waals surface area contributed by atoms with Crippen molar-refractivity contribution in [3.8, 4) is 33.7 Å². The van der Waals surface area contributed by atoms with E-state index in [-0.39, 0.29) is 0 Å². The third-order valence-electron chi connectivity index (χ3n) is 7.20. The van der Waals surface area contributed by atoms with E-state index >= 15 is 0 Å². The molecule has 6 aromatic carbocycles. The first-order valence-electron chi connectivity index (χ1n) is 13.5. The highest BCUT2D eigenvalue weighted by Gasteiger charge is 2.14. The fourth-order valence-corrected chi connectivity index (χ4v) is 5.20. The first-order valence-corrected chi connectivity index (χ1v) is 13.9. The van der Waals surface area contributed by atoms with Crippen molar-refractivity contribution in [1.29, 1.82) is 0 Å². The van der Waals surface area contributed by atoms with Crippen LogP contribution < -0.4 is 4.90 Å². The molecule has 0 aliphatic heterocycles. The molecule has 0 radical (unpaired) electrons. The Kier molecular flexibility index (Phi) is 6.56. The Morgan fingerprint density at radius 2 is 0.878 bits per heavy atom. The number of anilines is 3. The number of oxazole rings is 1. The predicted molar refractivity (Wildman–Crippen MR) is 170 cm³/mol. The molecular formula is C37H25ClN2O. The van der Waals surface area contributed by atoms with Crippen molar-refractivity contribution >= 4 is 39.8 Å². The molecule has 1 aromatic heterocycles. The van der Waals surface area contributed by atoms with Crippen LogP contribution in [0.15, 0.2) is 156 Å². The van der Waals surface area contributed by atoms with Crippen LogP contribution in [0.5, 0.6) is 0 Å². The smallest absolute Gasteiger partial charge is 0.227 e.